The standard InChI is InChI=1S/C13H16N2/c1-9(2)12(14)13-11-6-4-3-5-10(11)7-8-15-13/h3-9,12H,14H2,1-2H3. The highest BCUT2D eigenvalue weighted by Gasteiger charge is 2.14. The third-order valence-electron chi connectivity index (χ3n) is 2.74. The lowest BCUT2D eigenvalue weighted by molar-refractivity contribution is 0.507. The van der Waals surface area contributed by atoms with Crippen molar-refractivity contribution in [1.29, 1.82) is 0 Å². The smallest absolute Gasteiger partial charge is 0.0651 e. The maximum absolute atomic E-state index is 6.14. The number of nitrogens with two attached hydrogens (primary N) is 1. The van der Waals surface area contributed by atoms with E-state index in [2.05, 4.69) is 31.0 Å². The van der Waals surface area contributed by atoms with E-state index in [1.165, 1.54) is 10.8 Å². The first-order chi connectivity index (χ1) is 7.20. The second-order valence-electron chi connectivity index (χ2n) is 4.19. The fourth-order valence-corrected chi connectivity index (χ4v) is 1.72. The van der Waals surface area contributed by atoms with Crippen LogP contribution in [0.4, 0.5) is 0 Å². The molecule has 0 amide bonds. The summed E-state index contributed by atoms with van der Waals surface area (Å²) in [7, 11) is 0. The molecule has 1 atom stereocenters. The zero-order chi connectivity index (χ0) is 10.8. The number of fused-ring (bicyclic) bond motifs is 1. The van der Waals surface area contributed by atoms with E-state index in [4.69, 9.17) is 5.73 Å². The molecule has 0 bridgehead atoms. The summed E-state index contributed by atoms with van der Waals surface area (Å²) in [5.41, 5.74) is 7.14. The number of rotatable bonds is 2. The molecule has 2 nitrogen and oxygen atoms in total. The minimum absolute atomic E-state index is 0.0103. The van der Waals surface area contributed by atoms with E-state index < -0.39 is 0 Å². The van der Waals surface area contributed by atoms with E-state index in [0.717, 1.165) is 5.69 Å². The molecule has 0 spiro atoms. The van der Waals surface area contributed by atoms with Crippen molar-refractivity contribution < 1.29 is 0 Å². The van der Waals surface area contributed by atoms with E-state index in [1.54, 1.807) is 0 Å². The van der Waals surface area contributed by atoms with Gasteiger partial charge in [0.1, 0.15) is 0 Å². The Morgan fingerprint density at radius 3 is 2.60 bits per heavy atom. The Morgan fingerprint density at radius 2 is 1.87 bits per heavy atom. The van der Waals surface area contributed by atoms with Crippen molar-refractivity contribution in [2.75, 3.05) is 0 Å². The molecule has 0 saturated heterocycles. The number of pyridine rings is 1. The molecule has 1 unspecified atom stereocenters. The summed E-state index contributed by atoms with van der Waals surface area (Å²) in [6.07, 6.45) is 1.83. The Labute approximate surface area is 90.1 Å². The summed E-state index contributed by atoms with van der Waals surface area (Å²) in [5.74, 6) is 0.406. The lowest BCUT2D eigenvalue weighted by atomic mass is 9.97. The first kappa shape index (κ1) is 10.1. The van der Waals surface area contributed by atoms with Crippen LogP contribution in [0.5, 0.6) is 0 Å². The van der Waals surface area contributed by atoms with E-state index in [0.29, 0.717) is 5.92 Å². The van der Waals surface area contributed by atoms with Crippen LogP contribution >= 0.6 is 0 Å². The molecule has 0 aliphatic heterocycles. The van der Waals surface area contributed by atoms with Gasteiger partial charge in [-0.3, -0.25) is 4.98 Å². The Hall–Kier alpha value is -1.41. The van der Waals surface area contributed by atoms with Gasteiger partial charge in [-0.25, -0.2) is 0 Å². The molecule has 1 heterocycles. The zero-order valence-electron chi connectivity index (χ0n) is 9.14. The van der Waals surface area contributed by atoms with Crippen LogP contribution in [0.15, 0.2) is 36.5 Å². The highest BCUT2D eigenvalue weighted by molar-refractivity contribution is 5.84. The van der Waals surface area contributed by atoms with Crippen LogP contribution in [-0.2, 0) is 0 Å². The van der Waals surface area contributed by atoms with Crippen molar-refractivity contribution in [3.05, 3.63) is 42.2 Å². The minimum Gasteiger partial charge on any atom is -0.322 e. The molecule has 1 aromatic carbocycles. The lowest BCUT2D eigenvalue weighted by Crippen LogP contribution is -2.18. The highest BCUT2D eigenvalue weighted by atomic mass is 14.8. The van der Waals surface area contributed by atoms with Crippen molar-refractivity contribution >= 4 is 10.8 Å². The highest BCUT2D eigenvalue weighted by Crippen LogP contribution is 2.24. The normalized spacial score (nSPS) is 13.3. The molecule has 1 aromatic heterocycles. The summed E-state index contributed by atoms with van der Waals surface area (Å²) in [4.78, 5) is 4.40. The molecule has 0 aliphatic carbocycles. The fraction of sp³-hybridized carbons (Fsp3) is 0.308. The van der Waals surface area contributed by atoms with Crippen LogP contribution in [0.1, 0.15) is 25.6 Å². The van der Waals surface area contributed by atoms with Crippen molar-refractivity contribution in [1.82, 2.24) is 4.98 Å². The Bertz CT molecular complexity index is 458. The number of hydrogen-bond donors (Lipinski definition) is 1. The third kappa shape index (κ3) is 1.85. The van der Waals surface area contributed by atoms with E-state index in [1.807, 2.05) is 24.4 Å². The first-order valence-corrected chi connectivity index (χ1v) is 5.29. The van der Waals surface area contributed by atoms with Crippen molar-refractivity contribution in [3.63, 3.8) is 0 Å². The van der Waals surface area contributed by atoms with Crippen LogP contribution in [0, 0.1) is 5.92 Å². The minimum atomic E-state index is 0.0103. The van der Waals surface area contributed by atoms with Crippen molar-refractivity contribution in [2.24, 2.45) is 11.7 Å². The van der Waals surface area contributed by atoms with E-state index in [9.17, 15) is 0 Å². The number of benzene rings is 1. The molecular weight excluding hydrogens is 184 g/mol. The van der Waals surface area contributed by atoms with Crippen LogP contribution < -0.4 is 5.73 Å². The summed E-state index contributed by atoms with van der Waals surface area (Å²) in [6.45, 7) is 4.24. The molecule has 2 N–H and O–H groups in total. The van der Waals surface area contributed by atoms with Gasteiger partial charge < -0.3 is 5.73 Å². The number of aromatic nitrogens is 1. The molecule has 0 saturated carbocycles. The van der Waals surface area contributed by atoms with Crippen LogP contribution in [0.3, 0.4) is 0 Å². The Balaban J connectivity index is 2.60. The Kier molecular flexibility index (Phi) is 2.69. The van der Waals surface area contributed by atoms with Gasteiger partial charge in [-0.15, -0.1) is 0 Å². The summed E-state index contributed by atoms with van der Waals surface area (Å²) in [6, 6.07) is 10.3. The predicted octanol–water partition coefficient (Wildman–Crippen LogP) is 2.89. The van der Waals surface area contributed by atoms with Gasteiger partial charge >= 0.3 is 0 Å². The van der Waals surface area contributed by atoms with Gasteiger partial charge in [0, 0.05) is 17.6 Å². The molecule has 2 rings (SSSR count). The van der Waals surface area contributed by atoms with Crippen LogP contribution in [-0.4, -0.2) is 4.98 Å². The molecule has 0 radical (unpaired) electrons. The van der Waals surface area contributed by atoms with Crippen LogP contribution in [0.2, 0.25) is 0 Å². The van der Waals surface area contributed by atoms with Gasteiger partial charge in [0.05, 0.1) is 5.69 Å². The fourth-order valence-electron chi connectivity index (χ4n) is 1.72. The lowest BCUT2D eigenvalue weighted by Gasteiger charge is -2.16. The largest absolute Gasteiger partial charge is 0.322 e. The van der Waals surface area contributed by atoms with Crippen molar-refractivity contribution in [3.8, 4) is 0 Å². The molecule has 15 heavy (non-hydrogen) atoms. The van der Waals surface area contributed by atoms with Gasteiger partial charge in [-0.2, -0.15) is 0 Å². The average Bonchev–Trinajstić information content (AvgIpc) is 2.27. The molecule has 2 aromatic rings. The van der Waals surface area contributed by atoms with Gasteiger partial charge in [-0.1, -0.05) is 38.1 Å². The monoisotopic (exact) mass is 200 g/mol. The van der Waals surface area contributed by atoms with Gasteiger partial charge in [0.2, 0.25) is 0 Å². The maximum atomic E-state index is 6.14. The summed E-state index contributed by atoms with van der Waals surface area (Å²) in [5, 5.41) is 2.37. The average molecular weight is 200 g/mol. The number of hydrogen-bond acceptors (Lipinski definition) is 2. The number of nitrogens with zero attached hydrogens (tertiary/aromatic N) is 1. The second kappa shape index (κ2) is 3.99. The first-order valence-electron chi connectivity index (χ1n) is 5.29. The Morgan fingerprint density at radius 1 is 1.13 bits per heavy atom. The molecule has 2 heteroatoms. The SMILES string of the molecule is CC(C)C(N)c1nccc2ccccc12. The zero-order valence-corrected chi connectivity index (χ0v) is 9.14. The molecule has 78 valence electrons. The predicted molar refractivity (Wildman–Crippen MR) is 63.5 cm³/mol. The van der Waals surface area contributed by atoms with Crippen molar-refractivity contribution in [2.45, 2.75) is 19.9 Å². The van der Waals surface area contributed by atoms with Crippen LogP contribution in [0.25, 0.3) is 10.8 Å². The quantitative estimate of drug-likeness (QED) is 0.809. The molecular formula is C13H16N2. The topological polar surface area (TPSA) is 38.9 Å². The van der Waals surface area contributed by atoms with Gasteiger partial charge in [-0.05, 0) is 17.4 Å². The van der Waals surface area contributed by atoms with E-state index >= 15 is 0 Å². The molecule has 0 fully saturated rings. The van der Waals surface area contributed by atoms with Gasteiger partial charge in [0.15, 0.2) is 0 Å². The second-order valence-corrected chi connectivity index (χ2v) is 4.19. The maximum Gasteiger partial charge on any atom is 0.0651 e. The van der Waals surface area contributed by atoms with Gasteiger partial charge in [0.25, 0.3) is 0 Å². The summed E-state index contributed by atoms with van der Waals surface area (Å²) < 4.78 is 0. The molecule has 0 aliphatic rings. The third-order valence-corrected chi connectivity index (χ3v) is 2.74. The summed E-state index contributed by atoms with van der Waals surface area (Å²) >= 11 is 0. The van der Waals surface area contributed by atoms with E-state index in [-0.39, 0.29) is 6.04 Å².